The molecule has 3 rings (SSSR count). The van der Waals surface area contributed by atoms with E-state index in [0.717, 1.165) is 16.8 Å². The van der Waals surface area contributed by atoms with Crippen molar-refractivity contribution in [3.63, 3.8) is 0 Å². The second kappa shape index (κ2) is 7.94. The normalized spacial score (nSPS) is 11.2. The number of aromatic nitrogens is 2. The van der Waals surface area contributed by atoms with Gasteiger partial charge in [0.05, 0.1) is 11.4 Å². The Morgan fingerprint density at radius 3 is 2.30 bits per heavy atom. The first-order valence-electron chi connectivity index (χ1n) is 8.43. The number of H-pyrrole nitrogens is 2. The lowest BCUT2D eigenvalue weighted by atomic mass is 10.1. The third kappa shape index (κ3) is 4.30. The highest BCUT2D eigenvalue weighted by molar-refractivity contribution is 7.87. The number of nitrogens with zero attached hydrogens (tertiary/aromatic N) is 2. The Morgan fingerprint density at radius 1 is 1.07 bits per heavy atom. The zero-order valence-electron chi connectivity index (χ0n) is 15.6. The molecular formula is C18H17N5O6S. The SMILES string of the molecule is Cc1cccc(N(N)C(=O)c2ccc(N(c3c[nH]c(=O)[nH]c3=O)S(=O)(=O)O)cc2)c1. The maximum absolute atomic E-state index is 12.6. The lowest BCUT2D eigenvalue weighted by Gasteiger charge is -2.20. The number of hydrogen-bond acceptors (Lipinski definition) is 6. The molecule has 0 unspecified atom stereocenters. The molecule has 0 fully saturated rings. The first kappa shape index (κ1) is 21.0. The largest absolute Gasteiger partial charge is 0.364 e. The number of amides is 1. The van der Waals surface area contributed by atoms with Crippen molar-refractivity contribution in [1.29, 1.82) is 0 Å². The molecular weight excluding hydrogens is 414 g/mol. The van der Waals surface area contributed by atoms with Gasteiger partial charge in [0, 0.05) is 11.8 Å². The summed E-state index contributed by atoms with van der Waals surface area (Å²) in [6, 6.07) is 11.9. The highest BCUT2D eigenvalue weighted by Crippen LogP contribution is 2.25. The first-order chi connectivity index (χ1) is 14.1. The van der Waals surface area contributed by atoms with Crippen LogP contribution in [0, 0.1) is 6.92 Å². The van der Waals surface area contributed by atoms with E-state index in [9.17, 15) is 27.4 Å². The Morgan fingerprint density at radius 2 is 1.73 bits per heavy atom. The van der Waals surface area contributed by atoms with Crippen molar-refractivity contribution < 1.29 is 17.8 Å². The predicted molar refractivity (Wildman–Crippen MR) is 110 cm³/mol. The van der Waals surface area contributed by atoms with Gasteiger partial charge in [0.2, 0.25) is 0 Å². The smallest absolute Gasteiger partial charge is 0.312 e. The monoisotopic (exact) mass is 431 g/mol. The molecule has 1 heterocycles. The maximum Gasteiger partial charge on any atom is 0.364 e. The fourth-order valence-electron chi connectivity index (χ4n) is 2.72. The molecule has 1 amide bonds. The summed E-state index contributed by atoms with van der Waals surface area (Å²) in [6.07, 6.45) is 0.841. The van der Waals surface area contributed by atoms with Crippen molar-refractivity contribution in [2.24, 2.45) is 5.84 Å². The molecule has 12 heteroatoms. The number of rotatable bonds is 5. The molecule has 30 heavy (non-hydrogen) atoms. The van der Waals surface area contributed by atoms with Crippen molar-refractivity contribution in [2.75, 3.05) is 9.31 Å². The van der Waals surface area contributed by atoms with Gasteiger partial charge in [0.15, 0.2) is 0 Å². The molecule has 0 aliphatic rings. The molecule has 0 saturated heterocycles. The lowest BCUT2D eigenvalue weighted by Crippen LogP contribution is -2.37. The van der Waals surface area contributed by atoms with Gasteiger partial charge in [-0.3, -0.25) is 19.1 Å². The van der Waals surface area contributed by atoms with Crippen LogP contribution in [-0.4, -0.2) is 28.8 Å². The van der Waals surface area contributed by atoms with E-state index in [4.69, 9.17) is 5.84 Å². The predicted octanol–water partition coefficient (Wildman–Crippen LogP) is 0.833. The summed E-state index contributed by atoms with van der Waals surface area (Å²) >= 11 is 0. The van der Waals surface area contributed by atoms with Crippen LogP contribution in [0.2, 0.25) is 0 Å². The summed E-state index contributed by atoms with van der Waals surface area (Å²) in [5.74, 6) is 5.33. The number of benzene rings is 2. The quantitative estimate of drug-likeness (QED) is 0.201. The van der Waals surface area contributed by atoms with E-state index in [2.05, 4.69) is 4.98 Å². The number of hydrazine groups is 1. The summed E-state index contributed by atoms with van der Waals surface area (Å²) in [7, 11) is -4.93. The van der Waals surface area contributed by atoms with E-state index < -0.39 is 33.1 Å². The van der Waals surface area contributed by atoms with Crippen LogP contribution in [0.4, 0.5) is 17.1 Å². The van der Waals surface area contributed by atoms with Crippen molar-refractivity contribution in [1.82, 2.24) is 9.97 Å². The molecule has 5 N–H and O–H groups in total. The van der Waals surface area contributed by atoms with Gasteiger partial charge in [0.1, 0.15) is 5.69 Å². The second-order valence-electron chi connectivity index (χ2n) is 6.26. The molecule has 1 aromatic heterocycles. The maximum atomic E-state index is 12.6. The van der Waals surface area contributed by atoms with Gasteiger partial charge in [-0.05, 0) is 48.9 Å². The molecule has 2 aromatic carbocycles. The highest BCUT2D eigenvalue weighted by Gasteiger charge is 2.25. The summed E-state index contributed by atoms with van der Waals surface area (Å²) in [5.41, 5.74) is -1.08. The second-order valence-corrected chi connectivity index (χ2v) is 7.52. The minimum absolute atomic E-state index is 0.133. The van der Waals surface area contributed by atoms with Gasteiger partial charge in [-0.25, -0.2) is 20.0 Å². The fraction of sp³-hybridized carbons (Fsp3) is 0.0556. The van der Waals surface area contributed by atoms with Crippen molar-refractivity contribution >= 4 is 33.3 Å². The van der Waals surface area contributed by atoms with E-state index >= 15 is 0 Å². The topological polar surface area (TPSA) is 170 Å². The third-order valence-electron chi connectivity index (χ3n) is 4.10. The Hall–Kier alpha value is -3.74. The average molecular weight is 431 g/mol. The highest BCUT2D eigenvalue weighted by atomic mass is 32.2. The Balaban J connectivity index is 1.97. The molecule has 0 atom stereocenters. The number of aromatic amines is 2. The summed E-state index contributed by atoms with van der Waals surface area (Å²) in [6.45, 7) is 1.85. The van der Waals surface area contributed by atoms with Crippen molar-refractivity contribution in [3.05, 3.63) is 86.7 Å². The van der Waals surface area contributed by atoms with Gasteiger partial charge >= 0.3 is 16.0 Å². The van der Waals surface area contributed by atoms with Gasteiger partial charge in [-0.2, -0.15) is 8.42 Å². The number of hydrogen-bond donors (Lipinski definition) is 4. The lowest BCUT2D eigenvalue weighted by molar-refractivity contribution is 0.0987. The fourth-order valence-corrected chi connectivity index (χ4v) is 3.50. The number of aryl methyl sites for hydroxylation is 1. The third-order valence-corrected chi connectivity index (χ3v) is 4.97. The summed E-state index contributed by atoms with van der Waals surface area (Å²) in [4.78, 5) is 39.8. The van der Waals surface area contributed by atoms with Gasteiger partial charge in [-0.15, -0.1) is 0 Å². The first-order valence-corrected chi connectivity index (χ1v) is 9.83. The minimum atomic E-state index is -4.93. The van der Waals surface area contributed by atoms with Crippen molar-refractivity contribution in [2.45, 2.75) is 6.92 Å². The molecule has 0 spiro atoms. The van der Waals surface area contributed by atoms with Crippen LogP contribution in [0.1, 0.15) is 15.9 Å². The molecule has 0 radical (unpaired) electrons. The summed E-state index contributed by atoms with van der Waals surface area (Å²) < 4.78 is 33.6. The van der Waals surface area contributed by atoms with Crippen LogP contribution in [0.5, 0.6) is 0 Å². The van der Waals surface area contributed by atoms with Crippen LogP contribution in [0.25, 0.3) is 0 Å². The standard InChI is InChI=1S/C18H17N5O6S/c1-11-3-2-4-14(9-11)22(19)17(25)12-5-7-13(8-6-12)23(30(27,28)29)15-10-20-18(26)21-16(15)24/h2-10H,19H2,1H3,(H,27,28,29)(H2,20,21,24,26). The van der Waals surface area contributed by atoms with E-state index in [1.165, 1.54) is 24.3 Å². The number of nitrogens with two attached hydrogens (primary N) is 1. The Labute approximate surface area is 170 Å². The summed E-state index contributed by atoms with van der Waals surface area (Å²) in [5, 5.41) is 0.940. The van der Waals surface area contributed by atoms with Crippen LogP contribution < -0.4 is 26.4 Å². The average Bonchev–Trinajstić information content (AvgIpc) is 2.68. The number of carbonyl (C=O) groups is 1. The number of nitrogens with one attached hydrogen (secondary N) is 2. The van der Waals surface area contributed by atoms with E-state index in [-0.39, 0.29) is 11.3 Å². The Kier molecular flexibility index (Phi) is 5.56. The van der Waals surface area contributed by atoms with E-state index in [1.807, 2.05) is 18.0 Å². The molecule has 3 aromatic rings. The van der Waals surface area contributed by atoms with E-state index in [1.54, 1.807) is 18.2 Å². The zero-order valence-corrected chi connectivity index (χ0v) is 16.4. The minimum Gasteiger partial charge on any atom is -0.312 e. The molecule has 0 aliphatic heterocycles. The molecule has 0 saturated carbocycles. The number of carbonyl (C=O) groups excluding carboxylic acids is 1. The molecule has 0 aliphatic carbocycles. The zero-order chi connectivity index (χ0) is 22.1. The van der Waals surface area contributed by atoms with Crippen molar-refractivity contribution in [3.8, 4) is 0 Å². The van der Waals surface area contributed by atoms with Crippen LogP contribution in [0.15, 0.2) is 64.3 Å². The van der Waals surface area contributed by atoms with Gasteiger partial charge < -0.3 is 4.98 Å². The van der Waals surface area contributed by atoms with Crippen LogP contribution >= 0.6 is 0 Å². The Bertz CT molecular complexity index is 1310. The van der Waals surface area contributed by atoms with E-state index in [0.29, 0.717) is 9.99 Å². The molecule has 11 nitrogen and oxygen atoms in total. The van der Waals surface area contributed by atoms with Gasteiger partial charge in [0.25, 0.3) is 11.5 Å². The van der Waals surface area contributed by atoms with Gasteiger partial charge in [-0.1, -0.05) is 12.1 Å². The van der Waals surface area contributed by atoms with Crippen LogP contribution in [0.3, 0.4) is 0 Å². The molecule has 0 bridgehead atoms. The molecule has 156 valence electrons. The number of anilines is 3. The van der Waals surface area contributed by atoms with Crippen LogP contribution in [-0.2, 0) is 10.3 Å².